The molecule has 2 aromatic heterocycles. The summed E-state index contributed by atoms with van der Waals surface area (Å²) in [5.41, 5.74) is 16.0. The number of aromatic nitrogens is 4. The summed E-state index contributed by atoms with van der Waals surface area (Å²) in [4.78, 5) is 18.1. The van der Waals surface area contributed by atoms with E-state index in [2.05, 4.69) is 234 Å². The van der Waals surface area contributed by atoms with Crippen molar-refractivity contribution in [3.8, 4) is 73.2 Å². The molecule has 0 bridgehead atoms. The number of rotatable bonds is 10. The molecule has 0 spiro atoms. The predicted molar refractivity (Wildman–Crippen MR) is 281 cm³/mol. The number of para-hydroxylation sites is 2. The van der Waals surface area contributed by atoms with Gasteiger partial charge in [0.2, 0.25) is 0 Å². The lowest BCUT2D eigenvalue weighted by Gasteiger charge is -2.26. The van der Waals surface area contributed by atoms with Crippen LogP contribution in [0.5, 0.6) is 0 Å². The van der Waals surface area contributed by atoms with Crippen molar-refractivity contribution < 1.29 is 0 Å². The highest BCUT2D eigenvalue weighted by molar-refractivity contribution is 6.16. The van der Waals surface area contributed by atoms with Gasteiger partial charge in [-0.05, 0) is 100 Å². The van der Waals surface area contributed by atoms with Crippen LogP contribution in [-0.2, 0) is 0 Å². The molecule has 0 radical (unpaired) electrons. The number of hydrogen-bond donors (Lipinski definition) is 0. The maximum Gasteiger partial charge on any atom is 0.164 e. The molecule has 0 aliphatic rings. The van der Waals surface area contributed by atoms with E-state index >= 15 is 0 Å². The molecule has 10 aromatic carbocycles. The molecule has 5 nitrogen and oxygen atoms in total. The van der Waals surface area contributed by atoms with Gasteiger partial charge in [0.1, 0.15) is 0 Å². The first-order chi connectivity index (χ1) is 33.7. The van der Waals surface area contributed by atoms with E-state index in [-0.39, 0.29) is 0 Å². The van der Waals surface area contributed by atoms with Crippen LogP contribution in [0.25, 0.3) is 95.0 Å². The molecule has 0 N–H and O–H groups in total. The molecule has 0 aliphatic carbocycles. The zero-order chi connectivity index (χ0) is 45.2. The zero-order valence-electron chi connectivity index (χ0n) is 37.1. The quantitative estimate of drug-likeness (QED) is 0.137. The highest BCUT2D eigenvalue weighted by Gasteiger charge is 2.22. The molecule has 0 fully saturated rings. The molecule has 12 aromatic rings. The maximum atomic E-state index is 5.32. The third kappa shape index (κ3) is 7.68. The van der Waals surface area contributed by atoms with Crippen molar-refractivity contribution in [2.75, 3.05) is 4.90 Å². The van der Waals surface area contributed by atoms with Crippen molar-refractivity contribution in [3.63, 3.8) is 0 Å². The Morgan fingerprint density at radius 2 is 0.721 bits per heavy atom. The summed E-state index contributed by atoms with van der Waals surface area (Å²) in [6, 6.07) is 91.9. The third-order valence-electron chi connectivity index (χ3n) is 12.6. The number of anilines is 3. The summed E-state index contributed by atoms with van der Waals surface area (Å²) >= 11 is 0. The number of benzene rings is 10. The number of hydrogen-bond acceptors (Lipinski definition) is 4. The first kappa shape index (κ1) is 40.3. The van der Waals surface area contributed by atoms with Crippen LogP contribution in [0.15, 0.2) is 261 Å². The molecule has 0 saturated heterocycles. The fraction of sp³-hybridized carbons (Fsp3) is 0. The maximum absolute atomic E-state index is 5.32. The molecule has 5 heteroatoms. The smallest absolute Gasteiger partial charge is 0.164 e. The van der Waals surface area contributed by atoms with Gasteiger partial charge in [-0.1, -0.05) is 194 Å². The summed E-state index contributed by atoms with van der Waals surface area (Å²) in [5, 5.41) is 2.20. The first-order valence-corrected chi connectivity index (χ1v) is 22.9. The monoisotopic (exact) mass is 869 g/mol. The molecule has 0 atom stereocenters. The Labute approximate surface area is 395 Å². The Kier molecular flexibility index (Phi) is 10.5. The molecule has 0 unspecified atom stereocenters. The lowest BCUT2D eigenvalue weighted by molar-refractivity contribution is 1.08. The van der Waals surface area contributed by atoms with Crippen LogP contribution in [0.1, 0.15) is 0 Å². The molecule has 0 saturated carbocycles. The largest absolute Gasteiger partial charge is 0.310 e. The Bertz CT molecular complexity index is 3550. The van der Waals surface area contributed by atoms with Gasteiger partial charge in [-0.15, -0.1) is 0 Å². The summed E-state index contributed by atoms with van der Waals surface area (Å²) in [5.74, 6) is 1.85. The van der Waals surface area contributed by atoms with Crippen molar-refractivity contribution in [3.05, 3.63) is 261 Å². The predicted octanol–water partition coefficient (Wildman–Crippen LogP) is 16.4. The zero-order valence-corrected chi connectivity index (χ0v) is 37.1. The van der Waals surface area contributed by atoms with Gasteiger partial charge >= 0.3 is 0 Å². The molecular weight excluding hydrogens is 827 g/mol. The Hall–Kier alpha value is -9.19. The van der Waals surface area contributed by atoms with Crippen LogP contribution in [0.3, 0.4) is 0 Å². The molecular formula is C63H43N5. The van der Waals surface area contributed by atoms with Crippen LogP contribution in [-0.4, -0.2) is 19.5 Å². The van der Waals surface area contributed by atoms with Gasteiger partial charge in [0.25, 0.3) is 0 Å². The molecule has 0 amide bonds. The number of nitrogens with zero attached hydrogens (tertiary/aromatic N) is 5. The van der Waals surface area contributed by atoms with Crippen molar-refractivity contribution in [2.24, 2.45) is 0 Å². The highest BCUT2D eigenvalue weighted by Crippen LogP contribution is 2.43. The molecule has 320 valence electrons. The van der Waals surface area contributed by atoms with Crippen LogP contribution in [0.4, 0.5) is 17.1 Å². The SMILES string of the molecule is c1ccc(-c2ccc(N(c3ccc(-c4ccccc4)cc3)c3cccc(-c4cc(-c5nc(-c6ccccc6)nc(-c6ccccc6)n5)c5c6ccccc6n(-c6ccccc6)c5c4)c3)cc2)cc1. The summed E-state index contributed by atoms with van der Waals surface area (Å²) in [7, 11) is 0. The van der Waals surface area contributed by atoms with E-state index < -0.39 is 0 Å². The highest BCUT2D eigenvalue weighted by atomic mass is 15.1. The topological polar surface area (TPSA) is 46.8 Å². The van der Waals surface area contributed by atoms with Gasteiger partial charge in [-0.25, -0.2) is 15.0 Å². The van der Waals surface area contributed by atoms with E-state index in [9.17, 15) is 0 Å². The van der Waals surface area contributed by atoms with Gasteiger partial charge in [-0.3, -0.25) is 0 Å². The second-order valence-electron chi connectivity index (χ2n) is 16.9. The molecule has 68 heavy (non-hydrogen) atoms. The van der Waals surface area contributed by atoms with E-state index in [0.717, 1.165) is 72.4 Å². The van der Waals surface area contributed by atoms with E-state index in [0.29, 0.717) is 17.5 Å². The minimum atomic E-state index is 0.607. The van der Waals surface area contributed by atoms with Crippen molar-refractivity contribution in [1.82, 2.24) is 19.5 Å². The second-order valence-corrected chi connectivity index (χ2v) is 16.9. The van der Waals surface area contributed by atoms with E-state index in [1.807, 2.05) is 36.4 Å². The van der Waals surface area contributed by atoms with Crippen LogP contribution in [0.2, 0.25) is 0 Å². The van der Waals surface area contributed by atoms with Gasteiger partial charge in [0.15, 0.2) is 17.5 Å². The fourth-order valence-electron chi connectivity index (χ4n) is 9.36. The molecule has 2 heterocycles. The van der Waals surface area contributed by atoms with Crippen LogP contribution >= 0.6 is 0 Å². The minimum Gasteiger partial charge on any atom is -0.310 e. The van der Waals surface area contributed by atoms with E-state index in [4.69, 9.17) is 15.0 Å². The van der Waals surface area contributed by atoms with Crippen molar-refractivity contribution in [2.45, 2.75) is 0 Å². The van der Waals surface area contributed by atoms with E-state index in [1.54, 1.807) is 0 Å². The van der Waals surface area contributed by atoms with Crippen LogP contribution < -0.4 is 4.90 Å². The van der Waals surface area contributed by atoms with Crippen molar-refractivity contribution >= 4 is 38.9 Å². The Morgan fingerprint density at radius 1 is 0.279 bits per heavy atom. The van der Waals surface area contributed by atoms with Gasteiger partial charge in [-0.2, -0.15) is 0 Å². The van der Waals surface area contributed by atoms with Crippen LogP contribution in [0, 0.1) is 0 Å². The molecule has 12 rings (SSSR count). The third-order valence-corrected chi connectivity index (χ3v) is 12.6. The number of fused-ring (bicyclic) bond motifs is 3. The summed E-state index contributed by atoms with van der Waals surface area (Å²) in [6.45, 7) is 0. The lowest BCUT2D eigenvalue weighted by Crippen LogP contribution is -2.10. The van der Waals surface area contributed by atoms with E-state index in [1.165, 1.54) is 22.3 Å². The minimum absolute atomic E-state index is 0.607. The molecule has 0 aliphatic heterocycles. The van der Waals surface area contributed by atoms with Gasteiger partial charge < -0.3 is 9.47 Å². The lowest BCUT2D eigenvalue weighted by atomic mass is 9.97. The normalized spacial score (nSPS) is 11.2. The average molecular weight is 870 g/mol. The summed E-state index contributed by atoms with van der Waals surface area (Å²) < 4.78 is 2.37. The standard InChI is InChI=1S/C63H43N5/c1-6-19-44(20-7-1)46-33-37-53(38-34-46)67(54-39-35-47(36-40-54)45-21-8-2-9-22-45)55-30-18-27-50(41-55)51-42-57(60-56-31-16-17-32-58(56)68(59(60)43-51)52-28-14-5-15-29-52)63-65-61(48-23-10-3-11-24-48)64-62(66-63)49-25-12-4-13-26-49/h1-43H. The second kappa shape index (κ2) is 17.7. The fourth-order valence-corrected chi connectivity index (χ4v) is 9.36. The average Bonchev–Trinajstić information content (AvgIpc) is 3.76. The first-order valence-electron chi connectivity index (χ1n) is 22.9. The Morgan fingerprint density at radius 3 is 1.26 bits per heavy atom. The van der Waals surface area contributed by atoms with Gasteiger partial charge in [0, 0.05) is 50.2 Å². The van der Waals surface area contributed by atoms with Crippen molar-refractivity contribution in [1.29, 1.82) is 0 Å². The Balaban J connectivity index is 1.08. The summed E-state index contributed by atoms with van der Waals surface area (Å²) in [6.07, 6.45) is 0. The van der Waals surface area contributed by atoms with Gasteiger partial charge in [0.05, 0.1) is 11.0 Å².